The summed E-state index contributed by atoms with van der Waals surface area (Å²) in [6.07, 6.45) is 0. The van der Waals surface area contributed by atoms with Crippen molar-refractivity contribution in [3.05, 3.63) is 29.6 Å². The van der Waals surface area contributed by atoms with Crippen molar-refractivity contribution in [2.75, 3.05) is 5.32 Å². The van der Waals surface area contributed by atoms with E-state index in [2.05, 4.69) is 10.6 Å². The van der Waals surface area contributed by atoms with Crippen LogP contribution in [0.15, 0.2) is 18.2 Å². The molecule has 0 saturated carbocycles. The molecule has 1 aromatic carbocycles. The van der Waals surface area contributed by atoms with E-state index in [-0.39, 0.29) is 17.6 Å². The summed E-state index contributed by atoms with van der Waals surface area (Å²) < 4.78 is 13.4. The lowest BCUT2D eigenvalue weighted by Crippen LogP contribution is -2.46. The number of carbonyl (C=O) groups is 2. The van der Waals surface area contributed by atoms with Crippen LogP contribution in [0.3, 0.4) is 0 Å². The molecule has 0 bridgehead atoms. The molecule has 0 aliphatic rings. The highest BCUT2D eigenvalue weighted by molar-refractivity contribution is 5.97. The Kier molecular flexibility index (Phi) is 4.87. The standard InChI is InChI=1S/C15H21FN2O2/c1-9-6-7-11(8-12(9)16)18-13(19)10(2)17-14(20)15(3,4)5/h6-8,10H,1-5H3,(H,17,20)(H,18,19)/t10-/m1/s1. The molecule has 1 aromatic rings. The quantitative estimate of drug-likeness (QED) is 0.894. The van der Waals surface area contributed by atoms with Gasteiger partial charge in [0.25, 0.3) is 0 Å². The summed E-state index contributed by atoms with van der Waals surface area (Å²) >= 11 is 0. The molecule has 0 unspecified atom stereocenters. The molecule has 20 heavy (non-hydrogen) atoms. The predicted octanol–water partition coefficient (Wildman–Crippen LogP) is 2.62. The van der Waals surface area contributed by atoms with E-state index in [1.165, 1.54) is 6.07 Å². The van der Waals surface area contributed by atoms with Crippen molar-refractivity contribution in [3.63, 3.8) is 0 Å². The highest BCUT2D eigenvalue weighted by Crippen LogP contribution is 2.15. The molecule has 4 nitrogen and oxygen atoms in total. The van der Waals surface area contributed by atoms with Crippen molar-refractivity contribution in [1.29, 1.82) is 0 Å². The summed E-state index contributed by atoms with van der Waals surface area (Å²) in [5.41, 5.74) is 0.317. The summed E-state index contributed by atoms with van der Waals surface area (Å²) in [4.78, 5) is 23.7. The zero-order valence-corrected chi connectivity index (χ0v) is 12.5. The van der Waals surface area contributed by atoms with Crippen LogP contribution in [-0.4, -0.2) is 17.9 Å². The molecule has 0 aliphatic carbocycles. The summed E-state index contributed by atoms with van der Waals surface area (Å²) in [7, 11) is 0. The monoisotopic (exact) mass is 280 g/mol. The second-order valence-electron chi connectivity index (χ2n) is 5.90. The highest BCUT2D eigenvalue weighted by Gasteiger charge is 2.25. The van der Waals surface area contributed by atoms with Crippen molar-refractivity contribution >= 4 is 17.5 Å². The number of aryl methyl sites for hydroxylation is 1. The van der Waals surface area contributed by atoms with E-state index in [4.69, 9.17) is 0 Å². The molecule has 1 rings (SSSR count). The Balaban J connectivity index is 2.66. The third-order valence-electron chi connectivity index (χ3n) is 2.86. The van der Waals surface area contributed by atoms with Gasteiger partial charge in [0.1, 0.15) is 11.9 Å². The fourth-order valence-electron chi connectivity index (χ4n) is 1.40. The number of amides is 2. The van der Waals surface area contributed by atoms with Gasteiger partial charge in [-0.1, -0.05) is 26.8 Å². The third-order valence-corrected chi connectivity index (χ3v) is 2.86. The van der Waals surface area contributed by atoms with E-state index in [1.807, 2.05) is 0 Å². The van der Waals surface area contributed by atoms with E-state index >= 15 is 0 Å². The fraction of sp³-hybridized carbons (Fsp3) is 0.467. The summed E-state index contributed by atoms with van der Waals surface area (Å²) in [5.74, 6) is -0.977. The number of benzene rings is 1. The summed E-state index contributed by atoms with van der Waals surface area (Å²) in [5, 5.41) is 5.19. The number of rotatable bonds is 3. The second kappa shape index (κ2) is 6.03. The maximum atomic E-state index is 13.4. The normalized spacial score (nSPS) is 12.7. The van der Waals surface area contributed by atoms with Gasteiger partial charge >= 0.3 is 0 Å². The van der Waals surface area contributed by atoms with Gasteiger partial charge in [-0.15, -0.1) is 0 Å². The van der Waals surface area contributed by atoms with Gasteiger partial charge in [0.05, 0.1) is 0 Å². The predicted molar refractivity (Wildman–Crippen MR) is 76.8 cm³/mol. The Morgan fingerprint density at radius 3 is 2.35 bits per heavy atom. The van der Waals surface area contributed by atoms with Crippen molar-refractivity contribution in [1.82, 2.24) is 5.32 Å². The maximum Gasteiger partial charge on any atom is 0.246 e. The average Bonchev–Trinajstić information content (AvgIpc) is 2.32. The van der Waals surface area contributed by atoms with Crippen LogP contribution in [-0.2, 0) is 9.59 Å². The highest BCUT2D eigenvalue weighted by atomic mass is 19.1. The first-order chi connectivity index (χ1) is 9.11. The Morgan fingerprint density at radius 2 is 1.85 bits per heavy atom. The first-order valence-corrected chi connectivity index (χ1v) is 6.49. The van der Waals surface area contributed by atoms with Gasteiger partial charge in [-0.2, -0.15) is 0 Å². The van der Waals surface area contributed by atoms with E-state index in [0.29, 0.717) is 11.3 Å². The molecule has 0 saturated heterocycles. The van der Waals surface area contributed by atoms with Gasteiger partial charge in [0, 0.05) is 11.1 Å². The third kappa shape index (κ3) is 4.33. The molecule has 2 N–H and O–H groups in total. The molecule has 0 aromatic heterocycles. The molecule has 0 heterocycles. The zero-order chi connectivity index (χ0) is 15.5. The Labute approximate surface area is 118 Å². The molecule has 2 amide bonds. The van der Waals surface area contributed by atoms with Gasteiger partial charge in [-0.3, -0.25) is 9.59 Å². The van der Waals surface area contributed by atoms with Gasteiger partial charge in [0.2, 0.25) is 11.8 Å². The maximum absolute atomic E-state index is 13.4. The minimum Gasteiger partial charge on any atom is -0.344 e. The van der Waals surface area contributed by atoms with Gasteiger partial charge in [0.15, 0.2) is 0 Å². The van der Waals surface area contributed by atoms with Crippen LogP contribution >= 0.6 is 0 Å². The molecule has 5 heteroatoms. The number of halogens is 1. The van der Waals surface area contributed by atoms with Crippen LogP contribution in [0.5, 0.6) is 0 Å². The topological polar surface area (TPSA) is 58.2 Å². The second-order valence-corrected chi connectivity index (χ2v) is 5.90. The van der Waals surface area contributed by atoms with Crippen LogP contribution in [0.2, 0.25) is 0 Å². The Hall–Kier alpha value is -1.91. The van der Waals surface area contributed by atoms with Crippen molar-refractivity contribution in [2.24, 2.45) is 5.41 Å². The molecular formula is C15H21FN2O2. The molecule has 0 radical (unpaired) electrons. The minimum atomic E-state index is -0.689. The Bertz CT molecular complexity index is 521. The van der Waals surface area contributed by atoms with Crippen LogP contribution in [0.1, 0.15) is 33.3 Å². The van der Waals surface area contributed by atoms with Gasteiger partial charge in [-0.25, -0.2) is 4.39 Å². The van der Waals surface area contributed by atoms with Crippen LogP contribution in [0.4, 0.5) is 10.1 Å². The Morgan fingerprint density at radius 1 is 1.25 bits per heavy atom. The lowest BCUT2D eigenvalue weighted by atomic mass is 9.95. The number of carbonyl (C=O) groups excluding carboxylic acids is 2. The van der Waals surface area contributed by atoms with Crippen molar-refractivity contribution in [2.45, 2.75) is 40.7 Å². The van der Waals surface area contributed by atoms with E-state index in [0.717, 1.165) is 0 Å². The lowest BCUT2D eigenvalue weighted by molar-refractivity contribution is -0.131. The largest absolute Gasteiger partial charge is 0.344 e. The number of hydrogen-bond donors (Lipinski definition) is 2. The molecule has 0 aliphatic heterocycles. The average molecular weight is 280 g/mol. The number of anilines is 1. The summed E-state index contributed by atoms with van der Waals surface area (Å²) in [6.45, 7) is 8.53. The molecule has 0 fully saturated rings. The van der Waals surface area contributed by atoms with Crippen LogP contribution in [0.25, 0.3) is 0 Å². The lowest BCUT2D eigenvalue weighted by Gasteiger charge is -2.21. The van der Waals surface area contributed by atoms with Crippen LogP contribution in [0, 0.1) is 18.2 Å². The van der Waals surface area contributed by atoms with E-state index in [9.17, 15) is 14.0 Å². The van der Waals surface area contributed by atoms with Gasteiger partial charge < -0.3 is 10.6 Å². The van der Waals surface area contributed by atoms with Crippen molar-refractivity contribution in [3.8, 4) is 0 Å². The SMILES string of the molecule is Cc1ccc(NC(=O)[C@@H](C)NC(=O)C(C)(C)C)cc1F. The fourth-order valence-corrected chi connectivity index (χ4v) is 1.40. The number of hydrogen-bond acceptors (Lipinski definition) is 2. The molecular weight excluding hydrogens is 259 g/mol. The van der Waals surface area contributed by atoms with E-state index in [1.54, 1.807) is 46.8 Å². The number of nitrogens with one attached hydrogen (secondary N) is 2. The van der Waals surface area contributed by atoms with Gasteiger partial charge in [-0.05, 0) is 31.5 Å². The first-order valence-electron chi connectivity index (χ1n) is 6.49. The zero-order valence-electron chi connectivity index (χ0n) is 12.5. The molecule has 0 spiro atoms. The van der Waals surface area contributed by atoms with E-state index < -0.39 is 11.5 Å². The smallest absolute Gasteiger partial charge is 0.246 e. The summed E-state index contributed by atoms with van der Waals surface area (Å²) in [6, 6.07) is 3.77. The van der Waals surface area contributed by atoms with Crippen molar-refractivity contribution < 1.29 is 14.0 Å². The molecule has 110 valence electrons. The minimum absolute atomic E-state index is 0.213. The van der Waals surface area contributed by atoms with Crippen LogP contribution < -0.4 is 10.6 Å². The molecule has 1 atom stereocenters. The first kappa shape index (κ1) is 16.1.